The number of benzene rings is 1. The van der Waals surface area contributed by atoms with Gasteiger partial charge in [0.1, 0.15) is 5.82 Å². The van der Waals surface area contributed by atoms with Crippen LogP contribution >= 0.6 is 0 Å². The fraction of sp³-hybridized carbons (Fsp3) is 0.667. The summed E-state index contributed by atoms with van der Waals surface area (Å²) < 4.78 is 13.2. The van der Waals surface area contributed by atoms with Crippen LogP contribution in [-0.2, 0) is 6.42 Å². The number of hydrogen-bond acceptors (Lipinski definition) is 3. The van der Waals surface area contributed by atoms with Gasteiger partial charge in [-0.05, 0) is 42.4 Å². The van der Waals surface area contributed by atoms with E-state index in [0.29, 0.717) is 23.9 Å². The highest BCUT2D eigenvalue weighted by Gasteiger charge is 2.43. The van der Waals surface area contributed by atoms with Gasteiger partial charge in [0.05, 0.1) is 18.6 Å². The summed E-state index contributed by atoms with van der Waals surface area (Å²) in [7, 11) is 0. The lowest BCUT2D eigenvalue weighted by atomic mass is 9.97. The van der Waals surface area contributed by atoms with Gasteiger partial charge < -0.3 is 9.80 Å². The van der Waals surface area contributed by atoms with Gasteiger partial charge >= 0.3 is 0 Å². The number of nitrogens with zero attached hydrogens (tertiary/aromatic N) is 3. The van der Waals surface area contributed by atoms with Crippen LogP contribution in [0.2, 0.25) is 0 Å². The third-order valence-electron chi connectivity index (χ3n) is 5.81. The van der Waals surface area contributed by atoms with Crippen molar-refractivity contribution in [1.29, 1.82) is 0 Å². The van der Waals surface area contributed by atoms with Crippen LogP contribution in [0.15, 0.2) is 29.3 Å². The Morgan fingerprint density at radius 2 is 1.92 bits per heavy atom. The molecule has 0 amide bonds. The molecule has 3 nitrogen and oxygen atoms in total. The summed E-state index contributed by atoms with van der Waals surface area (Å²) in [4.78, 5) is 10.00. The van der Waals surface area contributed by atoms with Gasteiger partial charge in [-0.1, -0.05) is 46.2 Å². The van der Waals surface area contributed by atoms with Gasteiger partial charge in [-0.15, -0.1) is 0 Å². The molecule has 3 unspecified atom stereocenters. The van der Waals surface area contributed by atoms with E-state index in [0.717, 1.165) is 26.1 Å². The predicted molar refractivity (Wildman–Crippen MR) is 102 cm³/mol. The Hall–Kier alpha value is -1.58. The first-order valence-electron chi connectivity index (χ1n) is 9.81. The zero-order valence-corrected chi connectivity index (χ0v) is 16.1. The summed E-state index contributed by atoms with van der Waals surface area (Å²) in [5, 5.41) is 0. The van der Waals surface area contributed by atoms with Crippen molar-refractivity contribution >= 4 is 5.96 Å². The number of rotatable bonds is 7. The molecular formula is C21H32FN3. The van der Waals surface area contributed by atoms with E-state index >= 15 is 0 Å². The predicted octanol–water partition coefficient (Wildman–Crippen LogP) is 4.18. The zero-order valence-electron chi connectivity index (χ0n) is 16.1. The fourth-order valence-corrected chi connectivity index (χ4v) is 3.96. The van der Waals surface area contributed by atoms with Gasteiger partial charge in [-0.2, -0.15) is 0 Å². The molecule has 0 spiro atoms. The molecule has 138 valence electrons. The molecule has 1 aromatic carbocycles. The van der Waals surface area contributed by atoms with Crippen molar-refractivity contribution in [2.45, 2.75) is 59.0 Å². The van der Waals surface area contributed by atoms with E-state index in [4.69, 9.17) is 4.99 Å². The molecule has 2 aliphatic rings. The molecule has 0 N–H and O–H groups in total. The maximum absolute atomic E-state index is 13.2. The highest BCUT2D eigenvalue weighted by molar-refractivity contribution is 5.84. The Balaban J connectivity index is 1.71. The Morgan fingerprint density at radius 3 is 2.56 bits per heavy atom. The van der Waals surface area contributed by atoms with E-state index in [1.165, 1.54) is 24.4 Å². The van der Waals surface area contributed by atoms with Gasteiger partial charge in [0, 0.05) is 13.1 Å². The minimum absolute atomic E-state index is 0.162. The molecule has 0 aliphatic carbocycles. The third kappa shape index (κ3) is 3.99. The van der Waals surface area contributed by atoms with E-state index in [2.05, 4.69) is 37.5 Å². The van der Waals surface area contributed by atoms with Crippen molar-refractivity contribution in [1.82, 2.24) is 9.80 Å². The SMILES string of the molecule is CCC(C)C1CN2C(=NCC2Cc2ccc(F)cc2)N1CCC(C)C. The molecule has 0 aromatic heterocycles. The lowest BCUT2D eigenvalue weighted by Crippen LogP contribution is -2.39. The summed E-state index contributed by atoms with van der Waals surface area (Å²) in [6, 6.07) is 7.92. The summed E-state index contributed by atoms with van der Waals surface area (Å²) >= 11 is 0. The van der Waals surface area contributed by atoms with Gasteiger partial charge in [0.15, 0.2) is 5.96 Å². The summed E-state index contributed by atoms with van der Waals surface area (Å²) in [6.45, 7) is 12.3. The number of aliphatic imine (C=N–C) groups is 1. The van der Waals surface area contributed by atoms with Gasteiger partial charge in [-0.3, -0.25) is 4.99 Å². The molecular weight excluding hydrogens is 313 g/mol. The van der Waals surface area contributed by atoms with E-state index < -0.39 is 0 Å². The van der Waals surface area contributed by atoms with Crippen LogP contribution in [0.25, 0.3) is 0 Å². The Morgan fingerprint density at radius 1 is 1.20 bits per heavy atom. The second kappa shape index (κ2) is 7.76. The van der Waals surface area contributed by atoms with Crippen LogP contribution in [0, 0.1) is 17.7 Å². The zero-order chi connectivity index (χ0) is 18.0. The fourth-order valence-electron chi connectivity index (χ4n) is 3.96. The molecule has 0 radical (unpaired) electrons. The van der Waals surface area contributed by atoms with Crippen LogP contribution in [0.5, 0.6) is 0 Å². The highest BCUT2D eigenvalue weighted by Crippen LogP contribution is 2.30. The molecule has 1 saturated heterocycles. The molecule has 1 aromatic rings. The normalized spacial score (nSPS) is 24.0. The minimum atomic E-state index is -0.162. The highest BCUT2D eigenvalue weighted by atomic mass is 19.1. The maximum atomic E-state index is 13.2. The second-order valence-electron chi connectivity index (χ2n) is 8.11. The van der Waals surface area contributed by atoms with Crippen molar-refractivity contribution in [3.63, 3.8) is 0 Å². The standard InChI is InChI=1S/C21H32FN3/c1-5-16(4)20-14-25-19(12-17-6-8-18(22)9-7-17)13-23-21(25)24(20)11-10-15(2)3/h6-9,15-16,19-20H,5,10-14H2,1-4H3. The maximum Gasteiger partial charge on any atom is 0.197 e. The summed E-state index contributed by atoms with van der Waals surface area (Å²) in [5.41, 5.74) is 1.20. The van der Waals surface area contributed by atoms with Crippen LogP contribution in [-0.4, -0.2) is 47.5 Å². The molecule has 2 aliphatic heterocycles. The second-order valence-corrected chi connectivity index (χ2v) is 8.11. The van der Waals surface area contributed by atoms with Gasteiger partial charge in [0.2, 0.25) is 0 Å². The molecule has 25 heavy (non-hydrogen) atoms. The van der Waals surface area contributed by atoms with Crippen molar-refractivity contribution < 1.29 is 4.39 Å². The van der Waals surface area contributed by atoms with Crippen LogP contribution in [0.4, 0.5) is 4.39 Å². The smallest absolute Gasteiger partial charge is 0.197 e. The first-order valence-corrected chi connectivity index (χ1v) is 9.81. The first kappa shape index (κ1) is 18.2. The summed E-state index contributed by atoms with van der Waals surface area (Å²) in [5.74, 6) is 2.43. The average molecular weight is 346 g/mol. The lowest BCUT2D eigenvalue weighted by molar-refractivity contribution is 0.236. The Bertz CT molecular complexity index is 596. The number of hydrogen-bond donors (Lipinski definition) is 0. The van der Waals surface area contributed by atoms with E-state index in [-0.39, 0.29) is 5.82 Å². The molecule has 2 heterocycles. The molecule has 0 bridgehead atoms. The molecule has 4 heteroatoms. The average Bonchev–Trinajstić information content (AvgIpc) is 3.14. The molecule has 3 rings (SSSR count). The van der Waals surface area contributed by atoms with Crippen molar-refractivity contribution in [3.8, 4) is 0 Å². The van der Waals surface area contributed by atoms with E-state index in [1.54, 1.807) is 12.1 Å². The van der Waals surface area contributed by atoms with E-state index in [1.807, 2.05) is 12.1 Å². The van der Waals surface area contributed by atoms with Crippen LogP contribution in [0.1, 0.15) is 46.1 Å². The number of halogens is 1. The topological polar surface area (TPSA) is 18.8 Å². The van der Waals surface area contributed by atoms with E-state index in [9.17, 15) is 4.39 Å². The van der Waals surface area contributed by atoms with Gasteiger partial charge in [0.25, 0.3) is 0 Å². The quantitative estimate of drug-likeness (QED) is 0.738. The first-order chi connectivity index (χ1) is 12.0. The van der Waals surface area contributed by atoms with Gasteiger partial charge in [-0.25, -0.2) is 4.39 Å². The largest absolute Gasteiger partial charge is 0.338 e. The van der Waals surface area contributed by atoms with Crippen molar-refractivity contribution in [3.05, 3.63) is 35.6 Å². The van der Waals surface area contributed by atoms with Crippen molar-refractivity contribution in [2.75, 3.05) is 19.6 Å². The molecule has 3 atom stereocenters. The van der Waals surface area contributed by atoms with Crippen LogP contribution in [0.3, 0.4) is 0 Å². The minimum Gasteiger partial charge on any atom is -0.338 e. The Kier molecular flexibility index (Phi) is 5.65. The van der Waals surface area contributed by atoms with Crippen LogP contribution < -0.4 is 0 Å². The number of guanidine groups is 1. The summed E-state index contributed by atoms with van der Waals surface area (Å²) in [6.07, 6.45) is 3.35. The molecule has 0 saturated carbocycles. The van der Waals surface area contributed by atoms with Crippen molar-refractivity contribution in [2.24, 2.45) is 16.8 Å². The number of fused-ring (bicyclic) bond motifs is 1. The monoisotopic (exact) mass is 345 g/mol. The third-order valence-corrected chi connectivity index (χ3v) is 5.81. The Labute approximate surface area is 151 Å². The lowest BCUT2D eigenvalue weighted by Gasteiger charge is -2.29. The molecule has 1 fully saturated rings.